The van der Waals surface area contributed by atoms with Crippen molar-refractivity contribution >= 4 is 16.9 Å². The summed E-state index contributed by atoms with van der Waals surface area (Å²) in [5.74, 6) is -1.51. The van der Waals surface area contributed by atoms with Crippen molar-refractivity contribution in [3.8, 4) is 0 Å². The Bertz CT molecular complexity index is 770. The number of hydrogen-bond donors (Lipinski definition) is 2. The number of fused-ring (bicyclic) bond motifs is 1. The Kier molecular flexibility index (Phi) is 3.98. The second kappa shape index (κ2) is 5.73. The van der Waals surface area contributed by atoms with Gasteiger partial charge in [-0.2, -0.15) is 13.2 Å². The van der Waals surface area contributed by atoms with Gasteiger partial charge in [0, 0.05) is 25.3 Å². The fraction of sp³-hybridized carbons (Fsp3) is 0.533. The maximum absolute atomic E-state index is 12.8. The van der Waals surface area contributed by atoms with Crippen LogP contribution in [0.15, 0.2) is 12.4 Å². The number of aromatic nitrogens is 3. The molecule has 130 valence electrons. The van der Waals surface area contributed by atoms with Gasteiger partial charge in [-0.3, -0.25) is 9.78 Å². The fourth-order valence-electron chi connectivity index (χ4n) is 2.82. The van der Waals surface area contributed by atoms with Crippen LogP contribution < -0.4 is 5.32 Å². The van der Waals surface area contributed by atoms with Crippen LogP contribution >= 0.6 is 0 Å². The number of halogens is 3. The molecule has 0 aliphatic carbocycles. The second-order valence-electron chi connectivity index (χ2n) is 6.31. The van der Waals surface area contributed by atoms with E-state index >= 15 is 0 Å². The molecular formula is C15H17F3N4O2. The van der Waals surface area contributed by atoms with Crippen molar-refractivity contribution in [1.82, 2.24) is 20.3 Å². The summed E-state index contributed by atoms with van der Waals surface area (Å²) in [4.78, 5) is 21.8. The minimum atomic E-state index is -4.61. The number of H-pyrrole nitrogens is 1. The van der Waals surface area contributed by atoms with Crippen LogP contribution in [0.4, 0.5) is 13.2 Å². The standard InChI is InChI=1S/C15H17F3N4O2/c1-14(2)8(3-4-24-14)5-20-12(23)9-6-19-7-10-11(9)22-13(21-10)15(16,17)18/h6-8H,3-5H2,1-2H3,(H,20,23)(H,21,22). The number of amides is 1. The Balaban J connectivity index is 1.81. The molecule has 0 saturated carbocycles. The number of aromatic amines is 1. The maximum atomic E-state index is 12.8. The maximum Gasteiger partial charge on any atom is 0.449 e. The smallest absolute Gasteiger partial charge is 0.375 e. The number of hydrogen-bond acceptors (Lipinski definition) is 4. The average Bonchev–Trinajstić information content (AvgIpc) is 3.06. The van der Waals surface area contributed by atoms with Gasteiger partial charge >= 0.3 is 6.18 Å². The van der Waals surface area contributed by atoms with Crippen molar-refractivity contribution in [3.05, 3.63) is 23.8 Å². The Morgan fingerprint density at radius 3 is 2.83 bits per heavy atom. The molecule has 9 heteroatoms. The number of carbonyl (C=O) groups is 1. The minimum absolute atomic E-state index is 0.0102. The Hall–Kier alpha value is -2.16. The molecule has 3 heterocycles. The summed E-state index contributed by atoms with van der Waals surface area (Å²) in [6.07, 6.45) is -1.37. The number of pyridine rings is 1. The first-order valence-electron chi connectivity index (χ1n) is 7.51. The summed E-state index contributed by atoms with van der Waals surface area (Å²) in [5.41, 5.74) is -0.305. The van der Waals surface area contributed by atoms with E-state index in [1.165, 1.54) is 12.4 Å². The van der Waals surface area contributed by atoms with Crippen molar-refractivity contribution in [1.29, 1.82) is 0 Å². The van der Waals surface area contributed by atoms with E-state index in [-0.39, 0.29) is 28.1 Å². The molecule has 1 saturated heterocycles. The van der Waals surface area contributed by atoms with Crippen LogP contribution in [0.2, 0.25) is 0 Å². The van der Waals surface area contributed by atoms with Crippen LogP contribution in [0.3, 0.4) is 0 Å². The van der Waals surface area contributed by atoms with E-state index < -0.39 is 17.9 Å². The number of carbonyl (C=O) groups excluding carboxylic acids is 1. The summed E-state index contributed by atoms with van der Waals surface area (Å²) in [6.45, 7) is 4.89. The van der Waals surface area contributed by atoms with Crippen LogP contribution in [-0.4, -0.2) is 39.6 Å². The van der Waals surface area contributed by atoms with Gasteiger partial charge in [-0.15, -0.1) is 0 Å². The van der Waals surface area contributed by atoms with Crippen LogP contribution in [-0.2, 0) is 10.9 Å². The van der Waals surface area contributed by atoms with Gasteiger partial charge in [-0.1, -0.05) is 0 Å². The fourth-order valence-corrected chi connectivity index (χ4v) is 2.82. The Morgan fingerprint density at radius 1 is 1.46 bits per heavy atom. The third-order valence-electron chi connectivity index (χ3n) is 4.34. The summed E-state index contributed by atoms with van der Waals surface area (Å²) in [7, 11) is 0. The lowest BCUT2D eigenvalue weighted by atomic mass is 9.91. The quantitative estimate of drug-likeness (QED) is 0.898. The number of nitrogens with one attached hydrogen (secondary N) is 2. The minimum Gasteiger partial charge on any atom is -0.375 e. The van der Waals surface area contributed by atoms with Crippen LogP contribution in [0.5, 0.6) is 0 Å². The second-order valence-corrected chi connectivity index (χ2v) is 6.31. The van der Waals surface area contributed by atoms with Gasteiger partial charge < -0.3 is 15.0 Å². The molecule has 1 unspecified atom stereocenters. The molecule has 1 aliphatic heterocycles. The predicted molar refractivity (Wildman–Crippen MR) is 79.4 cm³/mol. The molecule has 24 heavy (non-hydrogen) atoms. The molecule has 2 aromatic rings. The highest BCUT2D eigenvalue weighted by Crippen LogP contribution is 2.31. The topological polar surface area (TPSA) is 79.9 Å². The zero-order chi connectivity index (χ0) is 17.5. The van der Waals surface area contributed by atoms with E-state index in [1.807, 2.05) is 13.8 Å². The number of rotatable bonds is 3. The zero-order valence-electron chi connectivity index (χ0n) is 13.2. The summed E-state index contributed by atoms with van der Waals surface area (Å²) < 4.78 is 43.9. The van der Waals surface area contributed by atoms with Gasteiger partial charge in [0.15, 0.2) is 0 Å². The van der Waals surface area contributed by atoms with Crippen molar-refractivity contribution in [2.24, 2.45) is 5.92 Å². The largest absolute Gasteiger partial charge is 0.449 e. The molecular weight excluding hydrogens is 325 g/mol. The molecule has 1 amide bonds. The van der Waals surface area contributed by atoms with E-state index in [0.717, 1.165) is 6.42 Å². The predicted octanol–water partition coefficient (Wildman–Crippen LogP) is 2.52. The van der Waals surface area contributed by atoms with Crippen molar-refractivity contribution in [2.75, 3.05) is 13.2 Å². The van der Waals surface area contributed by atoms with E-state index in [1.54, 1.807) is 0 Å². The first kappa shape index (κ1) is 16.7. The highest BCUT2D eigenvalue weighted by molar-refractivity contribution is 6.04. The number of imidazole rings is 1. The van der Waals surface area contributed by atoms with Crippen molar-refractivity contribution < 1.29 is 22.7 Å². The molecule has 2 aromatic heterocycles. The van der Waals surface area contributed by atoms with Crippen LogP contribution in [0, 0.1) is 5.92 Å². The molecule has 0 bridgehead atoms. The highest BCUT2D eigenvalue weighted by Gasteiger charge is 2.37. The van der Waals surface area contributed by atoms with Gasteiger partial charge in [-0.05, 0) is 20.3 Å². The lowest BCUT2D eigenvalue weighted by molar-refractivity contribution is -0.144. The van der Waals surface area contributed by atoms with Gasteiger partial charge in [0.25, 0.3) is 5.91 Å². The number of ether oxygens (including phenoxy) is 1. The molecule has 1 atom stereocenters. The normalized spacial score (nSPS) is 20.5. The molecule has 3 rings (SSSR count). The summed E-state index contributed by atoms with van der Waals surface area (Å²) >= 11 is 0. The monoisotopic (exact) mass is 342 g/mol. The van der Waals surface area contributed by atoms with Crippen molar-refractivity contribution in [2.45, 2.75) is 32.0 Å². The zero-order valence-corrected chi connectivity index (χ0v) is 13.2. The summed E-state index contributed by atoms with van der Waals surface area (Å²) in [5, 5.41) is 2.74. The van der Waals surface area contributed by atoms with E-state index in [9.17, 15) is 18.0 Å². The van der Waals surface area contributed by atoms with Gasteiger partial charge in [-0.25, -0.2) is 4.98 Å². The highest BCUT2D eigenvalue weighted by atomic mass is 19.4. The average molecular weight is 342 g/mol. The van der Waals surface area contributed by atoms with Gasteiger partial charge in [0.1, 0.15) is 5.52 Å². The lowest BCUT2D eigenvalue weighted by Gasteiger charge is -2.25. The Labute approximate surface area is 135 Å². The third kappa shape index (κ3) is 3.08. The first-order valence-corrected chi connectivity index (χ1v) is 7.51. The number of alkyl halides is 3. The van der Waals surface area contributed by atoms with Gasteiger partial charge in [0.2, 0.25) is 5.82 Å². The van der Waals surface area contributed by atoms with Crippen LogP contribution in [0.1, 0.15) is 36.5 Å². The molecule has 2 N–H and O–H groups in total. The molecule has 0 aromatic carbocycles. The Morgan fingerprint density at radius 2 is 2.21 bits per heavy atom. The molecule has 1 aliphatic rings. The SMILES string of the molecule is CC1(C)OCCC1CNC(=O)c1cncc2[nH]c(C(F)(F)F)nc12. The van der Waals surface area contributed by atoms with E-state index in [2.05, 4.69) is 20.3 Å². The molecule has 1 fully saturated rings. The molecule has 6 nitrogen and oxygen atoms in total. The van der Waals surface area contributed by atoms with Crippen LogP contribution in [0.25, 0.3) is 11.0 Å². The summed E-state index contributed by atoms with van der Waals surface area (Å²) in [6, 6.07) is 0. The first-order chi connectivity index (χ1) is 11.2. The number of nitrogens with zero attached hydrogens (tertiary/aromatic N) is 2. The van der Waals surface area contributed by atoms with E-state index in [4.69, 9.17) is 4.74 Å². The molecule has 0 radical (unpaired) electrons. The molecule has 0 spiro atoms. The van der Waals surface area contributed by atoms with E-state index in [0.29, 0.717) is 13.2 Å². The third-order valence-corrected chi connectivity index (χ3v) is 4.34. The van der Waals surface area contributed by atoms with Gasteiger partial charge in [0.05, 0.1) is 22.9 Å². The lowest BCUT2D eigenvalue weighted by Crippen LogP contribution is -2.37. The van der Waals surface area contributed by atoms with Crippen molar-refractivity contribution in [3.63, 3.8) is 0 Å².